The summed E-state index contributed by atoms with van der Waals surface area (Å²) in [7, 11) is 0. The molecule has 1 aliphatic rings. The summed E-state index contributed by atoms with van der Waals surface area (Å²) in [5.41, 5.74) is 3.93. The molecule has 7 nitrogen and oxygen atoms in total. The molecule has 2 aromatic carbocycles. The van der Waals surface area contributed by atoms with Crippen molar-refractivity contribution in [2.24, 2.45) is 0 Å². The van der Waals surface area contributed by atoms with Gasteiger partial charge in [-0.3, -0.25) is 4.79 Å². The predicted octanol–water partition coefficient (Wildman–Crippen LogP) is 3.00. The van der Waals surface area contributed by atoms with E-state index in [1.54, 1.807) is 22.9 Å². The number of fused-ring (bicyclic) bond motifs is 1. The number of hydrogen-bond donors (Lipinski definition) is 2. The number of hydrogen-bond acceptors (Lipinski definition) is 5. The van der Waals surface area contributed by atoms with Crippen molar-refractivity contribution < 1.29 is 9.50 Å². The van der Waals surface area contributed by atoms with E-state index in [9.17, 15) is 14.3 Å². The van der Waals surface area contributed by atoms with Crippen molar-refractivity contribution in [1.29, 1.82) is 0 Å². The summed E-state index contributed by atoms with van der Waals surface area (Å²) in [4.78, 5) is 12.6. The Bertz CT molecular complexity index is 1330. The van der Waals surface area contributed by atoms with Gasteiger partial charge in [0.2, 0.25) is 0 Å². The van der Waals surface area contributed by atoms with Crippen molar-refractivity contribution in [3.05, 3.63) is 82.4 Å². The van der Waals surface area contributed by atoms with Crippen molar-refractivity contribution in [3.8, 4) is 28.2 Å². The smallest absolute Gasteiger partial charge is 0.271 e. The molecular weight excluding hydrogens is 397 g/mol. The maximum atomic E-state index is 13.5. The number of rotatable bonds is 3. The van der Waals surface area contributed by atoms with Gasteiger partial charge in [-0.15, -0.1) is 0 Å². The van der Waals surface area contributed by atoms with Crippen LogP contribution in [0.25, 0.3) is 28.2 Å². The van der Waals surface area contributed by atoms with E-state index in [4.69, 9.17) is 0 Å². The van der Waals surface area contributed by atoms with E-state index in [0.717, 1.165) is 5.56 Å². The third kappa shape index (κ3) is 3.40. The second-order valence-corrected chi connectivity index (χ2v) is 7.55. The highest BCUT2D eigenvalue weighted by Gasteiger charge is 2.27. The number of aromatic nitrogens is 4. The highest BCUT2D eigenvalue weighted by molar-refractivity contribution is 5.87. The number of anilines is 1. The van der Waals surface area contributed by atoms with E-state index in [0.29, 0.717) is 47.1 Å². The van der Waals surface area contributed by atoms with Gasteiger partial charge in [0, 0.05) is 18.2 Å². The Balaban J connectivity index is 1.73. The first-order valence-electron chi connectivity index (χ1n) is 9.97. The number of para-hydroxylation sites is 1. The number of aliphatic hydroxyl groups excluding tert-OH is 1. The molecule has 0 spiro atoms. The largest absolute Gasteiger partial charge is 0.389 e. The number of aliphatic hydroxyl groups is 1. The molecule has 8 heteroatoms. The molecule has 0 radical (unpaired) electrons. The van der Waals surface area contributed by atoms with E-state index in [-0.39, 0.29) is 11.4 Å². The summed E-state index contributed by atoms with van der Waals surface area (Å²) in [6.45, 7) is 2.62. The first-order chi connectivity index (χ1) is 15.0. The van der Waals surface area contributed by atoms with Gasteiger partial charge < -0.3 is 10.4 Å². The molecule has 5 rings (SSSR count). The zero-order valence-corrected chi connectivity index (χ0v) is 16.8. The lowest BCUT2D eigenvalue weighted by Gasteiger charge is -2.21. The fourth-order valence-electron chi connectivity index (χ4n) is 3.82. The first kappa shape index (κ1) is 19.2. The van der Waals surface area contributed by atoms with Crippen molar-refractivity contribution in [1.82, 2.24) is 19.6 Å². The van der Waals surface area contributed by atoms with Gasteiger partial charge in [0.25, 0.3) is 5.56 Å². The Morgan fingerprint density at radius 2 is 1.84 bits per heavy atom. The van der Waals surface area contributed by atoms with E-state index >= 15 is 0 Å². The Labute approximate surface area is 177 Å². The Morgan fingerprint density at radius 1 is 1.06 bits per heavy atom. The van der Waals surface area contributed by atoms with E-state index < -0.39 is 6.10 Å². The van der Waals surface area contributed by atoms with Gasteiger partial charge in [-0.05, 0) is 48.9 Å². The lowest BCUT2D eigenvalue weighted by atomic mass is 10.0. The van der Waals surface area contributed by atoms with Crippen LogP contribution < -0.4 is 10.9 Å². The zero-order valence-electron chi connectivity index (χ0n) is 16.8. The Hall–Kier alpha value is -3.78. The topological polar surface area (TPSA) is 85.0 Å². The normalized spacial score (nSPS) is 15.4. The number of halogens is 1. The number of aryl methyl sites for hydroxylation is 1. The standard InChI is InChI=1S/C23H20FN5O2/c1-14-4-2-3-5-19(14)29-20(31)11-10-18(26-29)21-22(15-6-8-16(24)9-7-15)27-28-13-17(30)12-25-23(21)28/h2-11,17,25,30H,12-13H2,1H3/t17-/m0/s1. The van der Waals surface area contributed by atoms with Crippen LogP contribution in [0.3, 0.4) is 0 Å². The van der Waals surface area contributed by atoms with Crippen LogP contribution >= 0.6 is 0 Å². The molecule has 3 heterocycles. The van der Waals surface area contributed by atoms with Crippen LogP contribution in [0.2, 0.25) is 0 Å². The van der Waals surface area contributed by atoms with Crippen LogP contribution in [-0.4, -0.2) is 37.3 Å². The minimum absolute atomic E-state index is 0.245. The van der Waals surface area contributed by atoms with Crippen molar-refractivity contribution in [2.45, 2.75) is 19.6 Å². The number of nitrogens with zero attached hydrogens (tertiary/aromatic N) is 4. The second-order valence-electron chi connectivity index (χ2n) is 7.55. The third-order valence-electron chi connectivity index (χ3n) is 5.36. The molecule has 31 heavy (non-hydrogen) atoms. The molecule has 0 unspecified atom stereocenters. The fraction of sp³-hybridized carbons (Fsp3) is 0.174. The summed E-state index contributed by atoms with van der Waals surface area (Å²) >= 11 is 0. The molecule has 2 aromatic heterocycles. The monoisotopic (exact) mass is 417 g/mol. The molecular formula is C23H20FN5O2. The molecule has 0 saturated carbocycles. The van der Waals surface area contributed by atoms with Crippen molar-refractivity contribution in [2.75, 3.05) is 11.9 Å². The maximum absolute atomic E-state index is 13.5. The minimum atomic E-state index is -0.574. The third-order valence-corrected chi connectivity index (χ3v) is 5.36. The molecule has 0 fully saturated rings. The number of benzene rings is 2. The SMILES string of the molecule is Cc1ccccc1-n1nc(-c2c(-c3ccc(F)cc3)nn3c2NC[C@H](O)C3)ccc1=O. The molecule has 1 atom stereocenters. The average Bonchev–Trinajstić information content (AvgIpc) is 3.14. The first-order valence-corrected chi connectivity index (χ1v) is 9.97. The molecule has 4 aromatic rings. The van der Waals surface area contributed by atoms with Crippen LogP contribution in [0.1, 0.15) is 5.56 Å². The highest BCUT2D eigenvalue weighted by atomic mass is 19.1. The summed E-state index contributed by atoms with van der Waals surface area (Å²) in [5.74, 6) is 0.362. The van der Waals surface area contributed by atoms with Gasteiger partial charge >= 0.3 is 0 Å². The molecule has 1 aliphatic heterocycles. The van der Waals surface area contributed by atoms with Gasteiger partial charge in [0.1, 0.15) is 17.3 Å². The Morgan fingerprint density at radius 3 is 2.61 bits per heavy atom. The van der Waals surface area contributed by atoms with Crippen LogP contribution in [-0.2, 0) is 6.54 Å². The lowest BCUT2D eigenvalue weighted by molar-refractivity contribution is 0.155. The van der Waals surface area contributed by atoms with Crippen LogP contribution in [0.15, 0.2) is 65.5 Å². The summed E-state index contributed by atoms with van der Waals surface area (Å²) in [6.07, 6.45) is -0.574. The average molecular weight is 417 g/mol. The molecule has 2 N–H and O–H groups in total. The van der Waals surface area contributed by atoms with Gasteiger partial charge in [-0.2, -0.15) is 14.9 Å². The van der Waals surface area contributed by atoms with Crippen molar-refractivity contribution in [3.63, 3.8) is 0 Å². The van der Waals surface area contributed by atoms with Gasteiger partial charge in [0.15, 0.2) is 0 Å². The molecule has 0 saturated heterocycles. The van der Waals surface area contributed by atoms with Crippen LogP contribution in [0, 0.1) is 12.7 Å². The van der Waals surface area contributed by atoms with Gasteiger partial charge in [-0.1, -0.05) is 18.2 Å². The highest BCUT2D eigenvalue weighted by Crippen LogP contribution is 2.38. The molecule has 156 valence electrons. The maximum Gasteiger partial charge on any atom is 0.271 e. The Kier molecular flexibility index (Phi) is 4.63. The van der Waals surface area contributed by atoms with Gasteiger partial charge in [-0.25, -0.2) is 9.07 Å². The van der Waals surface area contributed by atoms with E-state index in [1.165, 1.54) is 22.9 Å². The summed E-state index contributed by atoms with van der Waals surface area (Å²) in [5, 5.41) is 22.6. The second kappa shape index (κ2) is 7.48. The summed E-state index contributed by atoms with van der Waals surface area (Å²) in [6, 6.07) is 16.7. The molecule has 0 aliphatic carbocycles. The summed E-state index contributed by atoms with van der Waals surface area (Å²) < 4.78 is 16.6. The minimum Gasteiger partial charge on any atom is -0.389 e. The molecule has 0 bridgehead atoms. The fourth-order valence-corrected chi connectivity index (χ4v) is 3.82. The lowest BCUT2D eigenvalue weighted by Crippen LogP contribution is -2.32. The predicted molar refractivity (Wildman–Crippen MR) is 116 cm³/mol. The van der Waals surface area contributed by atoms with Gasteiger partial charge in [0.05, 0.1) is 29.6 Å². The van der Waals surface area contributed by atoms with E-state index in [1.807, 2.05) is 31.2 Å². The number of β-amino-alcohol motifs (C(OH)–C–C–N with tert-alkyl or cyclic N) is 1. The number of nitrogens with one attached hydrogen (secondary N) is 1. The van der Waals surface area contributed by atoms with E-state index in [2.05, 4.69) is 15.5 Å². The van der Waals surface area contributed by atoms with Crippen molar-refractivity contribution >= 4 is 5.82 Å². The molecule has 0 amide bonds. The quantitative estimate of drug-likeness (QED) is 0.535. The van der Waals surface area contributed by atoms with Crippen LogP contribution in [0.4, 0.5) is 10.2 Å². The zero-order chi connectivity index (χ0) is 21.5. The van der Waals surface area contributed by atoms with Crippen LogP contribution in [0.5, 0.6) is 0 Å².